The molecule has 3 rings (SSSR count). The average Bonchev–Trinajstić information content (AvgIpc) is 2.90. The van der Waals surface area contributed by atoms with Crippen LogP contribution in [0.15, 0.2) is 29.7 Å². The van der Waals surface area contributed by atoms with Crippen LogP contribution in [0.25, 0.3) is 10.9 Å². The highest BCUT2D eigenvalue weighted by atomic mass is 32.2. The van der Waals surface area contributed by atoms with E-state index in [9.17, 15) is 13.2 Å². The summed E-state index contributed by atoms with van der Waals surface area (Å²) in [5.74, 6) is -0.225. The molecule has 10 heteroatoms. The summed E-state index contributed by atoms with van der Waals surface area (Å²) in [4.78, 5) is 11.9. The lowest BCUT2D eigenvalue weighted by Gasteiger charge is -2.14. The number of nitrogens with two attached hydrogens (primary N) is 2. The van der Waals surface area contributed by atoms with Gasteiger partial charge in [0.05, 0.1) is 16.5 Å². The summed E-state index contributed by atoms with van der Waals surface area (Å²) in [5, 5.41) is 0.634. The molecule has 6 nitrogen and oxygen atoms in total. The van der Waals surface area contributed by atoms with Crippen LogP contribution in [0.1, 0.15) is 29.1 Å². The molecule has 4 N–H and O–H groups in total. The van der Waals surface area contributed by atoms with Crippen molar-refractivity contribution < 1.29 is 13.2 Å². The number of alkyl halides is 3. The van der Waals surface area contributed by atoms with Crippen LogP contribution in [0, 0.1) is 0 Å². The van der Waals surface area contributed by atoms with E-state index in [1.165, 1.54) is 0 Å². The highest BCUT2D eigenvalue weighted by Crippen LogP contribution is 2.38. The van der Waals surface area contributed by atoms with Gasteiger partial charge < -0.3 is 16.0 Å². The molecule has 3 aromatic heterocycles. The molecule has 0 spiro atoms. The quantitative estimate of drug-likeness (QED) is 0.531. The summed E-state index contributed by atoms with van der Waals surface area (Å²) in [7, 11) is 1.88. The second-order valence-corrected chi connectivity index (χ2v) is 7.09. The molecular formula is C16H17F3N6S. The third-order valence-corrected chi connectivity index (χ3v) is 4.87. The highest BCUT2D eigenvalue weighted by molar-refractivity contribution is 7.99. The summed E-state index contributed by atoms with van der Waals surface area (Å²) >= 11 is 1.07. The van der Waals surface area contributed by atoms with Gasteiger partial charge in [-0.1, -0.05) is 11.8 Å². The molecule has 0 saturated heterocycles. The molecule has 138 valence electrons. The minimum Gasteiger partial charge on any atom is -0.384 e. The van der Waals surface area contributed by atoms with Crippen LogP contribution >= 0.6 is 11.8 Å². The smallest absolute Gasteiger partial charge is 0.384 e. The molecule has 0 aliphatic heterocycles. The maximum atomic E-state index is 12.9. The van der Waals surface area contributed by atoms with Gasteiger partial charge in [-0.25, -0.2) is 9.97 Å². The Kier molecular flexibility index (Phi) is 4.80. The van der Waals surface area contributed by atoms with E-state index in [0.717, 1.165) is 34.3 Å². The fourth-order valence-electron chi connectivity index (χ4n) is 2.78. The minimum absolute atomic E-state index is 0.0446. The molecule has 0 aliphatic rings. The van der Waals surface area contributed by atoms with Gasteiger partial charge in [0.25, 0.3) is 0 Å². The Hall–Kier alpha value is -2.33. The van der Waals surface area contributed by atoms with Gasteiger partial charge in [-0.2, -0.15) is 13.2 Å². The van der Waals surface area contributed by atoms with Gasteiger partial charge in [0.1, 0.15) is 5.82 Å². The molecular weight excluding hydrogens is 365 g/mol. The SMILES string of the molecule is CC(Sc1nc(N)cc(C(F)(F)F)n1)c1nccc2c(CN)cn(C)c12. The Labute approximate surface area is 151 Å². The van der Waals surface area contributed by atoms with Gasteiger partial charge in [0.15, 0.2) is 10.9 Å². The lowest BCUT2D eigenvalue weighted by Crippen LogP contribution is -2.11. The number of thioether (sulfide) groups is 1. The number of pyridine rings is 1. The van der Waals surface area contributed by atoms with Crippen molar-refractivity contribution in [2.45, 2.75) is 30.1 Å². The number of nitrogen functional groups attached to an aromatic ring is 1. The molecule has 0 saturated carbocycles. The van der Waals surface area contributed by atoms with Crippen molar-refractivity contribution in [3.63, 3.8) is 0 Å². The molecule has 0 aliphatic carbocycles. The number of aryl methyl sites for hydroxylation is 1. The molecule has 26 heavy (non-hydrogen) atoms. The number of hydrogen-bond donors (Lipinski definition) is 2. The number of rotatable bonds is 4. The van der Waals surface area contributed by atoms with Crippen LogP contribution in [0.4, 0.5) is 19.0 Å². The third-order valence-electron chi connectivity index (χ3n) is 3.90. The Balaban J connectivity index is 1.99. The normalized spacial score (nSPS) is 13.3. The fourth-order valence-corrected chi connectivity index (χ4v) is 3.69. The van der Waals surface area contributed by atoms with Crippen LogP contribution in [0.5, 0.6) is 0 Å². The summed E-state index contributed by atoms with van der Waals surface area (Å²) in [5.41, 5.74) is 12.8. The molecule has 0 aromatic carbocycles. The monoisotopic (exact) mass is 382 g/mol. The summed E-state index contributed by atoms with van der Waals surface area (Å²) < 4.78 is 40.7. The van der Waals surface area contributed by atoms with Gasteiger partial charge in [0.2, 0.25) is 0 Å². The Bertz CT molecular complexity index is 953. The molecule has 3 aromatic rings. The van der Waals surface area contributed by atoms with E-state index in [4.69, 9.17) is 11.5 Å². The zero-order valence-electron chi connectivity index (χ0n) is 14.1. The number of nitrogens with zero attached hydrogens (tertiary/aromatic N) is 4. The standard InChI is InChI=1S/C16H17F3N6S/c1-8(26-15-23-11(16(17,18)19)5-12(21)24-15)13-14-10(3-4-22-13)9(6-20)7-25(14)2/h3-5,7-8H,6,20H2,1-2H3,(H2,21,23,24). The van der Waals surface area contributed by atoms with Gasteiger partial charge in [-0.05, 0) is 18.6 Å². The largest absolute Gasteiger partial charge is 0.433 e. The fraction of sp³-hybridized carbons (Fsp3) is 0.312. The van der Waals surface area contributed by atoms with Crippen molar-refractivity contribution in [2.75, 3.05) is 5.73 Å². The van der Waals surface area contributed by atoms with Crippen LogP contribution < -0.4 is 11.5 Å². The molecule has 3 heterocycles. The topological polar surface area (TPSA) is 95.6 Å². The van der Waals surface area contributed by atoms with Crippen molar-refractivity contribution in [2.24, 2.45) is 12.8 Å². The number of anilines is 1. The number of aromatic nitrogens is 4. The third kappa shape index (κ3) is 3.47. The molecule has 0 bridgehead atoms. The van der Waals surface area contributed by atoms with E-state index >= 15 is 0 Å². The molecule has 1 unspecified atom stereocenters. The van der Waals surface area contributed by atoms with Gasteiger partial charge in [0, 0.05) is 37.4 Å². The second kappa shape index (κ2) is 6.76. The van der Waals surface area contributed by atoms with E-state index in [0.29, 0.717) is 12.2 Å². The van der Waals surface area contributed by atoms with E-state index in [-0.39, 0.29) is 16.2 Å². The number of fused-ring (bicyclic) bond motifs is 1. The summed E-state index contributed by atoms with van der Waals surface area (Å²) in [6.07, 6.45) is -0.997. The van der Waals surface area contributed by atoms with Crippen LogP contribution in [0.3, 0.4) is 0 Å². The summed E-state index contributed by atoms with van der Waals surface area (Å²) in [6.45, 7) is 2.22. The number of hydrogen-bond acceptors (Lipinski definition) is 6. The zero-order valence-corrected chi connectivity index (χ0v) is 14.9. The molecule has 1 atom stereocenters. The zero-order chi connectivity index (χ0) is 19.1. The van der Waals surface area contributed by atoms with Gasteiger partial charge >= 0.3 is 6.18 Å². The first-order chi connectivity index (χ1) is 12.2. The van der Waals surface area contributed by atoms with Crippen molar-refractivity contribution in [1.82, 2.24) is 19.5 Å². The van der Waals surface area contributed by atoms with E-state index < -0.39 is 11.9 Å². The Morgan fingerprint density at radius 2 is 2.04 bits per heavy atom. The molecule has 0 fully saturated rings. The van der Waals surface area contributed by atoms with E-state index in [1.807, 2.05) is 30.8 Å². The molecule has 0 amide bonds. The first kappa shape index (κ1) is 18.5. The van der Waals surface area contributed by atoms with E-state index in [1.54, 1.807) is 6.20 Å². The minimum atomic E-state index is -4.58. The maximum Gasteiger partial charge on any atom is 0.433 e. The van der Waals surface area contributed by atoms with Crippen molar-refractivity contribution in [1.29, 1.82) is 0 Å². The predicted molar refractivity (Wildman–Crippen MR) is 94.3 cm³/mol. The van der Waals surface area contributed by atoms with Gasteiger partial charge in [-0.15, -0.1) is 0 Å². The lowest BCUT2D eigenvalue weighted by atomic mass is 10.1. The van der Waals surface area contributed by atoms with Crippen LogP contribution in [-0.4, -0.2) is 19.5 Å². The van der Waals surface area contributed by atoms with Crippen molar-refractivity contribution in [3.05, 3.63) is 41.5 Å². The van der Waals surface area contributed by atoms with Gasteiger partial charge in [-0.3, -0.25) is 4.98 Å². The average molecular weight is 382 g/mol. The Morgan fingerprint density at radius 3 is 2.69 bits per heavy atom. The maximum absolute atomic E-state index is 12.9. The van der Waals surface area contributed by atoms with Crippen molar-refractivity contribution in [3.8, 4) is 0 Å². The highest BCUT2D eigenvalue weighted by Gasteiger charge is 2.33. The van der Waals surface area contributed by atoms with Crippen LogP contribution in [0.2, 0.25) is 0 Å². The van der Waals surface area contributed by atoms with Crippen LogP contribution in [-0.2, 0) is 19.8 Å². The summed E-state index contributed by atoms with van der Waals surface area (Å²) in [6, 6.07) is 2.59. The lowest BCUT2D eigenvalue weighted by molar-refractivity contribution is -0.141. The number of halogens is 3. The Morgan fingerprint density at radius 1 is 1.31 bits per heavy atom. The second-order valence-electron chi connectivity index (χ2n) is 5.78. The van der Waals surface area contributed by atoms with E-state index in [2.05, 4.69) is 15.0 Å². The predicted octanol–water partition coefficient (Wildman–Crippen LogP) is 3.28. The first-order valence-corrected chi connectivity index (χ1v) is 8.60. The molecule has 0 radical (unpaired) electrons. The van der Waals surface area contributed by atoms with Crippen molar-refractivity contribution >= 4 is 28.5 Å². The first-order valence-electron chi connectivity index (χ1n) is 7.72.